The monoisotopic (exact) mass is 313 g/mol. The van der Waals surface area contributed by atoms with Gasteiger partial charge in [-0.3, -0.25) is 0 Å². The highest BCUT2D eigenvalue weighted by Gasteiger charge is 2.29. The smallest absolute Gasteiger partial charge is 0.261 e. The summed E-state index contributed by atoms with van der Waals surface area (Å²) in [5.74, 6) is -0.324. The van der Waals surface area contributed by atoms with E-state index in [1.807, 2.05) is 13.8 Å². The van der Waals surface area contributed by atoms with Crippen LogP contribution in [0.15, 0.2) is 22.7 Å². The number of nitrogens with zero attached hydrogens (tertiary/aromatic N) is 2. The van der Waals surface area contributed by atoms with Gasteiger partial charge in [-0.25, -0.2) is 4.39 Å². The summed E-state index contributed by atoms with van der Waals surface area (Å²) in [4.78, 5) is 4.15. The van der Waals surface area contributed by atoms with E-state index >= 15 is 0 Å². The predicted octanol–water partition coefficient (Wildman–Crippen LogP) is 3.13. The van der Waals surface area contributed by atoms with Crippen molar-refractivity contribution in [2.45, 2.75) is 32.4 Å². The highest BCUT2D eigenvalue weighted by atomic mass is 35.5. The van der Waals surface area contributed by atoms with Crippen molar-refractivity contribution in [2.24, 2.45) is 5.73 Å². The van der Waals surface area contributed by atoms with Crippen LogP contribution in [-0.4, -0.2) is 22.9 Å². The van der Waals surface area contributed by atoms with Crippen LogP contribution < -0.4 is 5.73 Å². The Labute approximate surface area is 127 Å². The molecule has 0 saturated carbocycles. The Hall–Kier alpha value is -1.50. The topological polar surface area (TPSA) is 74.2 Å². The number of benzene rings is 1. The second-order valence-electron chi connectivity index (χ2n) is 5.30. The molecule has 1 aromatic heterocycles. The van der Waals surface area contributed by atoms with Crippen LogP contribution in [0.1, 0.15) is 26.6 Å². The molecule has 1 aromatic carbocycles. The third-order valence-electron chi connectivity index (χ3n) is 2.84. The molecule has 5 nitrogen and oxygen atoms in total. The molecule has 0 bridgehead atoms. The number of rotatable bonds is 5. The summed E-state index contributed by atoms with van der Waals surface area (Å²) in [7, 11) is 0. The Morgan fingerprint density at radius 2 is 2.19 bits per heavy atom. The third kappa shape index (κ3) is 3.58. The minimum Gasteiger partial charge on any atom is -0.376 e. The Kier molecular flexibility index (Phi) is 4.61. The van der Waals surface area contributed by atoms with Crippen molar-refractivity contribution >= 4 is 11.6 Å². The number of hydrogen-bond acceptors (Lipinski definition) is 5. The summed E-state index contributed by atoms with van der Waals surface area (Å²) in [6.45, 7) is 5.75. The molecule has 0 aliphatic carbocycles. The van der Waals surface area contributed by atoms with E-state index in [2.05, 4.69) is 10.1 Å². The second kappa shape index (κ2) is 6.09. The van der Waals surface area contributed by atoms with Gasteiger partial charge in [-0.2, -0.15) is 4.98 Å². The molecule has 2 rings (SSSR count). The Morgan fingerprint density at radius 1 is 1.48 bits per heavy atom. The van der Waals surface area contributed by atoms with Crippen LogP contribution in [0.3, 0.4) is 0 Å². The minimum atomic E-state index is -0.929. The maximum Gasteiger partial charge on any atom is 0.261 e. The average molecular weight is 314 g/mol. The van der Waals surface area contributed by atoms with Gasteiger partial charge < -0.3 is 15.0 Å². The molecule has 21 heavy (non-hydrogen) atoms. The van der Waals surface area contributed by atoms with E-state index in [-0.39, 0.29) is 35.0 Å². The van der Waals surface area contributed by atoms with Gasteiger partial charge in [0.15, 0.2) is 11.6 Å². The summed E-state index contributed by atoms with van der Waals surface area (Å²) in [5.41, 5.74) is 5.33. The van der Waals surface area contributed by atoms with Crippen molar-refractivity contribution in [3.05, 3.63) is 34.9 Å². The van der Waals surface area contributed by atoms with E-state index < -0.39 is 11.4 Å². The number of halogens is 2. The summed E-state index contributed by atoms with van der Waals surface area (Å²) < 4.78 is 24.5. The zero-order chi connectivity index (χ0) is 15.6. The van der Waals surface area contributed by atoms with Gasteiger partial charge in [0.05, 0.1) is 23.3 Å². The first-order chi connectivity index (χ1) is 9.81. The second-order valence-corrected chi connectivity index (χ2v) is 5.71. The van der Waals surface area contributed by atoms with Crippen LogP contribution >= 0.6 is 11.6 Å². The third-order valence-corrected chi connectivity index (χ3v) is 3.13. The quantitative estimate of drug-likeness (QED) is 0.918. The van der Waals surface area contributed by atoms with Crippen LogP contribution in [0, 0.1) is 5.82 Å². The lowest BCUT2D eigenvalue weighted by molar-refractivity contribution is 0.0410. The van der Waals surface area contributed by atoms with Crippen LogP contribution in [0.4, 0.5) is 4.39 Å². The van der Waals surface area contributed by atoms with E-state index in [1.54, 1.807) is 13.0 Å². The van der Waals surface area contributed by atoms with Crippen LogP contribution in [-0.2, 0) is 10.3 Å². The molecule has 114 valence electrons. The highest BCUT2D eigenvalue weighted by molar-refractivity contribution is 6.31. The van der Waals surface area contributed by atoms with E-state index in [0.717, 1.165) is 0 Å². The van der Waals surface area contributed by atoms with Crippen molar-refractivity contribution in [3.8, 4) is 11.5 Å². The van der Waals surface area contributed by atoms with Crippen LogP contribution in [0.5, 0.6) is 0 Å². The van der Waals surface area contributed by atoms with Crippen molar-refractivity contribution in [1.82, 2.24) is 10.1 Å². The van der Waals surface area contributed by atoms with Crippen molar-refractivity contribution in [2.75, 3.05) is 6.61 Å². The van der Waals surface area contributed by atoms with Crippen molar-refractivity contribution in [3.63, 3.8) is 0 Å². The first kappa shape index (κ1) is 15.9. The molecule has 0 spiro atoms. The van der Waals surface area contributed by atoms with E-state index in [1.165, 1.54) is 12.1 Å². The van der Waals surface area contributed by atoms with E-state index in [4.69, 9.17) is 26.6 Å². The molecular weight excluding hydrogens is 297 g/mol. The van der Waals surface area contributed by atoms with Gasteiger partial charge >= 0.3 is 0 Å². The molecule has 1 heterocycles. The van der Waals surface area contributed by atoms with E-state index in [9.17, 15) is 4.39 Å². The summed E-state index contributed by atoms with van der Waals surface area (Å²) in [6, 6.07) is 4.56. The molecule has 0 aliphatic heterocycles. The summed E-state index contributed by atoms with van der Waals surface area (Å²) >= 11 is 5.74. The predicted molar refractivity (Wildman–Crippen MR) is 77.3 cm³/mol. The fraction of sp³-hybridized carbons (Fsp3) is 0.429. The van der Waals surface area contributed by atoms with Crippen molar-refractivity contribution in [1.29, 1.82) is 0 Å². The lowest BCUT2D eigenvalue weighted by atomic mass is 10.1. The molecule has 1 unspecified atom stereocenters. The molecular formula is C14H17ClFN3O2. The zero-order valence-corrected chi connectivity index (χ0v) is 12.8. The average Bonchev–Trinajstić information content (AvgIpc) is 2.90. The van der Waals surface area contributed by atoms with Crippen molar-refractivity contribution < 1.29 is 13.7 Å². The molecule has 0 amide bonds. The Balaban J connectivity index is 2.27. The van der Waals surface area contributed by atoms with Gasteiger partial charge in [-0.05, 0) is 32.9 Å². The summed E-state index contributed by atoms with van der Waals surface area (Å²) in [6.07, 6.45) is 0.0321. The molecule has 1 atom stereocenters. The van der Waals surface area contributed by atoms with Gasteiger partial charge in [-0.15, -0.1) is 0 Å². The molecule has 0 saturated heterocycles. The first-order valence-electron chi connectivity index (χ1n) is 6.50. The zero-order valence-electron chi connectivity index (χ0n) is 12.1. The van der Waals surface area contributed by atoms with Crippen LogP contribution in [0.2, 0.25) is 5.02 Å². The molecule has 0 aliphatic rings. The van der Waals surface area contributed by atoms with Gasteiger partial charge in [0, 0.05) is 0 Å². The van der Waals surface area contributed by atoms with Gasteiger partial charge in [0.1, 0.15) is 5.54 Å². The normalized spacial score (nSPS) is 14.4. The standard InChI is InChI=1S/C14H17ClFN3O2/c1-8(2)20-7-14(3,17)13-18-12(21-19-13)9-5-4-6-10(15)11(9)16/h4-6,8H,7,17H2,1-3H3. The first-order valence-corrected chi connectivity index (χ1v) is 6.88. The molecule has 0 radical (unpaired) electrons. The molecule has 2 N–H and O–H groups in total. The Morgan fingerprint density at radius 3 is 2.86 bits per heavy atom. The SMILES string of the molecule is CC(C)OCC(C)(N)c1noc(-c2cccc(Cl)c2F)n1. The Bertz CT molecular complexity index is 628. The highest BCUT2D eigenvalue weighted by Crippen LogP contribution is 2.27. The number of aromatic nitrogens is 2. The lowest BCUT2D eigenvalue weighted by Crippen LogP contribution is -2.40. The summed E-state index contributed by atoms with van der Waals surface area (Å²) in [5, 5.41) is 3.80. The lowest BCUT2D eigenvalue weighted by Gasteiger charge is -2.21. The molecule has 2 aromatic rings. The fourth-order valence-corrected chi connectivity index (χ4v) is 1.81. The fourth-order valence-electron chi connectivity index (χ4n) is 1.64. The minimum absolute atomic E-state index is 0.00842. The molecule has 0 fully saturated rings. The van der Waals surface area contributed by atoms with Crippen LogP contribution in [0.25, 0.3) is 11.5 Å². The van der Waals surface area contributed by atoms with Gasteiger partial charge in [-0.1, -0.05) is 22.8 Å². The maximum atomic E-state index is 13.9. The number of nitrogens with two attached hydrogens (primary N) is 1. The molecule has 7 heteroatoms. The number of ether oxygens (including phenoxy) is 1. The van der Waals surface area contributed by atoms with Gasteiger partial charge in [0.25, 0.3) is 5.89 Å². The maximum absolute atomic E-state index is 13.9. The number of hydrogen-bond donors (Lipinski definition) is 1. The largest absolute Gasteiger partial charge is 0.376 e. The van der Waals surface area contributed by atoms with Gasteiger partial charge in [0.2, 0.25) is 0 Å². The van der Waals surface area contributed by atoms with E-state index in [0.29, 0.717) is 0 Å².